The Morgan fingerprint density at radius 3 is 1.38 bits per heavy atom. The van der Waals surface area contributed by atoms with E-state index in [0.29, 0.717) is 0 Å². The summed E-state index contributed by atoms with van der Waals surface area (Å²) in [6.45, 7) is 0. The highest BCUT2D eigenvalue weighted by Crippen LogP contribution is 2.51. The van der Waals surface area contributed by atoms with Crippen LogP contribution in [0, 0.1) is 0 Å². The molecule has 0 fully saturated rings. The molecule has 10 aromatic carbocycles. The van der Waals surface area contributed by atoms with Crippen molar-refractivity contribution in [2.75, 3.05) is 9.80 Å². The van der Waals surface area contributed by atoms with Crippen molar-refractivity contribution < 1.29 is 0 Å². The standard InChI is InChI=1S/C60H36N6/c1-5-21-39(22-6-1)63(40-23-7-2-8-24-40)50-34-18-32-46-45-31-17-33-47-52-59(65(54(45)47)55(46)50)62-53-51-43-29-15-13-19-37(43)35-48-49-36-38-20-14-16-30-44(38)57(58(49)66(56(48)51)60(53)61-52)64(41-25-9-3-10-26-41)42-27-11-4-12-28-42/h1-36H. The van der Waals surface area contributed by atoms with Gasteiger partial charge in [0, 0.05) is 60.5 Å². The van der Waals surface area contributed by atoms with Crippen molar-refractivity contribution in [3.63, 3.8) is 0 Å². The second-order valence-electron chi connectivity index (χ2n) is 17.3. The van der Waals surface area contributed by atoms with Crippen LogP contribution in [0.15, 0.2) is 218 Å². The zero-order valence-corrected chi connectivity index (χ0v) is 35.5. The van der Waals surface area contributed by atoms with Crippen molar-refractivity contribution in [2.24, 2.45) is 0 Å². The summed E-state index contributed by atoms with van der Waals surface area (Å²) in [7, 11) is 0. The van der Waals surface area contributed by atoms with E-state index in [4.69, 9.17) is 9.97 Å². The molecule has 5 aromatic heterocycles. The Bertz CT molecular complexity index is 4310. The fraction of sp³-hybridized carbons (Fsp3) is 0. The van der Waals surface area contributed by atoms with Gasteiger partial charge in [0.15, 0.2) is 11.3 Å². The molecule has 6 heteroatoms. The Labute approximate surface area is 377 Å². The number of nitrogens with zero attached hydrogens (tertiary/aromatic N) is 6. The lowest BCUT2D eigenvalue weighted by Gasteiger charge is -2.28. The molecular weight excluding hydrogens is 805 g/mol. The lowest BCUT2D eigenvalue weighted by molar-refractivity contribution is 1.23. The van der Waals surface area contributed by atoms with Crippen molar-refractivity contribution in [2.45, 2.75) is 0 Å². The van der Waals surface area contributed by atoms with Crippen molar-refractivity contribution in [3.05, 3.63) is 218 Å². The fourth-order valence-electron chi connectivity index (χ4n) is 11.2. The van der Waals surface area contributed by atoms with Gasteiger partial charge < -0.3 is 9.80 Å². The van der Waals surface area contributed by atoms with E-state index in [1.165, 1.54) is 32.3 Å². The molecule has 0 unspecified atom stereocenters. The average Bonchev–Trinajstić information content (AvgIpc) is 4.10. The highest BCUT2D eigenvalue weighted by Gasteiger charge is 2.30. The van der Waals surface area contributed by atoms with Crippen molar-refractivity contribution in [1.29, 1.82) is 0 Å². The smallest absolute Gasteiger partial charge is 0.165 e. The number of hydrogen-bond donors (Lipinski definition) is 0. The summed E-state index contributed by atoms with van der Waals surface area (Å²) in [5.41, 5.74) is 14.4. The second-order valence-corrected chi connectivity index (χ2v) is 17.3. The van der Waals surface area contributed by atoms with Crippen LogP contribution in [0.4, 0.5) is 34.1 Å². The Balaban J connectivity index is 1.15. The number of anilines is 6. The van der Waals surface area contributed by atoms with Crippen molar-refractivity contribution in [1.82, 2.24) is 18.8 Å². The summed E-state index contributed by atoms with van der Waals surface area (Å²) in [5.74, 6) is 0. The van der Waals surface area contributed by atoms with Crippen LogP contribution in [0.2, 0.25) is 0 Å². The van der Waals surface area contributed by atoms with Gasteiger partial charge in [-0.05, 0) is 82.9 Å². The molecule has 0 spiro atoms. The Hall–Kier alpha value is -9.00. The third-order valence-electron chi connectivity index (χ3n) is 13.8. The zero-order valence-electron chi connectivity index (χ0n) is 35.5. The van der Waals surface area contributed by atoms with Gasteiger partial charge in [0.25, 0.3) is 0 Å². The average molecular weight is 841 g/mol. The maximum Gasteiger partial charge on any atom is 0.165 e. The molecule has 0 bridgehead atoms. The number of benzene rings is 10. The molecule has 0 radical (unpaired) electrons. The molecule has 0 saturated heterocycles. The van der Waals surface area contributed by atoms with Gasteiger partial charge in [-0.2, -0.15) is 0 Å². The highest BCUT2D eigenvalue weighted by molar-refractivity contribution is 6.34. The first-order valence-electron chi connectivity index (χ1n) is 22.5. The molecule has 5 heterocycles. The SMILES string of the molecule is c1ccc(N(c2ccccc2)c2cccc3c4cccc5c6nc7c(nc6n(c23)c45)c2c3ccccc3cc3c4cc5ccccc5c(N(c5ccccc5)c5ccccc5)c4n7c32)cc1. The molecule has 0 amide bonds. The maximum absolute atomic E-state index is 5.91. The van der Waals surface area contributed by atoms with E-state index < -0.39 is 0 Å². The maximum atomic E-state index is 5.91. The minimum Gasteiger partial charge on any atom is -0.308 e. The van der Waals surface area contributed by atoms with Crippen molar-refractivity contribution in [3.8, 4) is 0 Å². The first kappa shape index (κ1) is 35.5. The van der Waals surface area contributed by atoms with Gasteiger partial charge in [0.1, 0.15) is 11.0 Å². The summed E-state index contributed by atoms with van der Waals surface area (Å²) in [6.07, 6.45) is 0. The predicted molar refractivity (Wildman–Crippen MR) is 276 cm³/mol. The van der Waals surface area contributed by atoms with E-state index in [1.807, 2.05) is 0 Å². The lowest BCUT2D eigenvalue weighted by Crippen LogP contribution is -2.11. The van der Waals surface area contributed by atoms with Crippen LogP contribution < -0.4 is 9.80 Å². The minimum atomic E-state index is 0.847. The van der Waals surface area contributed by atoms with E-state index in [9.17, 15) is 0 Å². The van der Waals surface area contributed by atoms with E-state index in [0.717, 1.165) is 100 Å². The largest absolute Gasteiger partial charge is 0.308 e. The quantitative estimate of drug-likeness (QED) is 0.167. The monoisotopic (exact) mass is 840 g/mol. The van der Waals surface area contributed by atoms with Gasteiger partial charge in [-0.1, -0.05) is 152 Å². The Morgan fingerprint density at radius 2 is 0.742 bits per heavy atom. The van der Waals surface area contributed by atoms with Crippen LogP contribution in [-0.2, 0) is 0 Å². The van der Waals surface area contributed by atoms with Crippen LogP contribution in [0.25, 0.3) is 98.3 Å². The Morgan fingerprint density at radius 1 is 0.303 bits per heavy atom. The summed E-state index contributed by atoms with van der Waals surface area (Å²) in [5, 5.41) is 11.6. The molecule has 0 aliphatic heterocycles. The third kappa shape index (κ3) is 4.69. The van der Waals surface area contributed by atoms with Gasteiger partial charge >= 0.3 is 0 Å². The molecule has 15 aromatic rings. The summed E-state index contributed by atoms with van der Waals surface area (Å²) >= 11 is 0. The van der Waals surface area contributed by atoms with Crippen LogP contribution in [0.1, 0.15) is 0 Å². The molecule has 0 N–H and O–H groups in total. The lowest BCUT2D eigenvalue weighted by atomic mass is 9.99. The second kappa shape index (κ2) is 13.3. The fourth-order valence-corrected chi connectivity index (χ4v) is 11.2. The summed E-state index contributed by atoms with van der Waals surface area (Å²) in [4.78, 5) is 16.6. The van der Waals surface area contributed by atoms with E-state index >= 15 is 0 Å². The molecule has 306 valence electrons. The van der Waals surface area contributed by atoms with Crippen LogP contribution in [-0.4, -0.2) is 18.8 Å². The van der Waals surface area contributed by atoms with Gasteiger partial charge in [0.2, 0.25) is 0 Å². The summed E-state index contributed by atoms with van der Waals surface area (Å²) in [6, 6.07) is 78.5. The molecule has 66 heavy (non-hydrogen) atoms. The Kier molecular flexibility index (Phi) is 7.13. The van der Waals surface area contributed by atoms with Crippen molar-refractivity contribution >= 4 is 132 Å². The number of aromatic nitrogens is 4. The molecule has 15 rings (SSSR count). The molecule has 0 saturated carbocycles. The predicted octanol–water partition coefficient (Wildman–Crippen LogP) is 16.0. The van der Waals surface area contributed by atoms with Gasteiger partial charge in [-0.25, -0.2) is 9.97 Å². The van der Waals surface area contributed by atoms with E-state index in [2.05, 4.69) is 237 Å². The third-order valence-corrected chi connectivity index (χ3v) is 13.8. The number of rotatable bonds is 6. The molecule has 0 atom stereocenters. The van der Waals surface area contributed by atoms with Gasteiger partial charge in [-0.3, -0.25) is 8.80 Å². The van der Waals surface area contributed by atoms with Crippen LogP contribution in [0.3, 0.4) is 0 Å². The number of para-hydroxylation sites is 6. The normalized spacial score (nSPS) is 12.2. The summed E-state index contributed by atoms with van der Waals surface area (Å²) < 4.78 is 4.84. The first-order valence-corrected chi connectivity index (χ1v) is 22.5. The van der Waals surface area contributed by atoms with Crippen LogP contribution in [0.5, 0.6) is 0 Å². The molecule has 0 aliphatic rings. The minimum absolute atomic E-state index is 0.847. The number of fused-ring (bicyclic) bond motifs is 15. The van der Waals surface area contributed by atoms with E-state index in [-0.39, 0.29) is 0 Å². The topological polar surface area (TPSA) is 41.1 Å². The molecule has 6 nitrogen and oxygen atoms in total. The first-order chi connectivity index (χ1) is 32.8. The number of hydrogen-bond acceptors (Lipinski definition) is 4. The zero-order chi connectivity index (χ0) is 43.0. The van der Waals surface area contributed by atoms with Crippen LogP contribution >= 0.6 is 0 Å². The van der Waals surface area contributed by atoms with Gasteiger partial charge in [0.05, 0.1) is 33.4 Å². The highest BCUT2D eigenvalue weighted by atomic mass is 15.2. The van der Waals surface area contributed by atoms with E-state index in [1.54, 1.807) is 0 Å². The molecular formula is C60H36N6. The molecule has 0 aliphatic carbocycles. The van der Waals surface area contributed by atoms with Gasteiger partial charge in [-0.15, -0.1) is 0 Å².